The minimum atomic E-state index is -0.527. The quantitative estimate of drug-likeness (QED) is 0.537. The van der Waals surface area contributed by atoms with Crippen molar-refractivity contribution < 1.29 is 14.4 Å². The Labute approximate surface area is 234 Å². The molecule has 5 rings (SSSR count). The van der Waals surface area contributed by atoms with Gasteiger partial charge in [0, 0.05) is 32.3 Å². The predicted molar refractivity (Wildman–Crippen MR) is 147 cm³/mol. The summed E-state index contributed by atoms with van der Waals surface area (Å²) in [7, 11) is 0. The van der Waals surface area contributed by atoms with Crippen LogP contribution in [-0.4, -0.2) is 77.9 Å². The second kappa shape index (κ2) is 12.4. The van der Waals surface area contributed by atoms with Crippen LogP contribution in [0.15, 0.2) is 42.7 Å². The number of nitrogens with zero attached hydrogens (tertiary/aromatic N) is 7. The first-order valence-electron chi connectivity index (χ1n) is 14.0. The Morgan fingerprint density at radius 1 is 0.975 bits per heavy atom. The van der Waals surface area contributed by atoms with Crippen LogP contribution >= 0.6 is 0 Å². The Morgan fingerprint density at radius 2 is 1.80 bits per heavy atom. The summed E-state index contributed by atoms with van der Waals surface area (Å²) < 4.78 is 1.79. The van der Waals surface area contributed by atoms with Gasteiger partial charge in [0.15, 0.2) is 0 Å². The summed E-state index contributed by atoms with van der Waals surface area (Å²) in [5, 5.41) is 7.85. The van der Waals surface area contributed by atoms with Crippen LogP contribution in [0.4, 0.5) is 0 Å². The number of hydrogen-bond acceptors (Lipinski definition) is 7. The van der Waals surface area contributed by atoms with Gasteiger partial charge in [-0.05, 0) is 51.5 Å². The van der Waals surface area contributed by atoms with Gasteiger partial charge in [-0.25, -0.2) is 14.6 Å². The Bertz CT molecular complexity index is 1340. The SMILES string of the molecule is Cc1cnc(C(=O)N2CCCC(=O)N3CCCC[C@H]3C(=O)N[C@H](Cc3ccccc3)c3nc(C)nn3CC2)cn1. The van der Waals surface area contributed by atoms with Crippen molar-refractivity contribution in [1.29, 1.82) is 0 Å². The minimum Gasteiger partial charge on any atom is -0.344 e. The molecule has 3 aromatic rings. The van der Waals surface area contributed by atoms with Gasteiger partial charge >= 0.3 is 0 Å². The summed E-state index contributed by atoms with van der Waals surface area (Å²) in [5.74, 6) is 0.757. The second-order valence-electron chi connectivity index (χ2n) is 10.5. The molecule has 2 aromatic heterocycles. The number of rotatable bonds is 3. The molecule has 0 spiro atoms. The summed E-state index contributed by atoms with van der Waals surface area (Å²) in [6.45, 7) is 5.30. The van der Waals surface area contributed by atoms with Gasteiger partial charge in [0.2, 0.25) is 11.8 Å². The van der Waals surface area contributed by atoms with Gasteiger partial charge in [0.1, 0.15) is 23.4 Å². The third-order valence-corrected chi connectivity index (χ3v) is 7.53. The average molecular weight is 545 g/mol. The number of fused-ring (bicyclic) bond motifs is 2. The van der Waals surface area contributed by atoms with Crippen LogP contribution in [-0.2, 0) is 22.6 Å². The van der Waals surface area contributed by atoms with E-state index in [0.717, 1.165) is 24.1 Å². The van der Waals surface area contributed by atoms with E-state index in [1.165, 1.54) is 6.20 Å². The van der Waals surface area contributed by atoms with Crippen molar-refractivity contribution in [3.63, 3.8) is 0 Å². The number of hydrogen-bond donors (Lipinski definition) is 1. The van der Waals surface area contributed by atoms with E-state index in [0.29, 0.717) is 57.1 Å². The number of benzene rings is 1. The fourth-order valence-electron chi connectivity index (χ4n) is 5.48. The van der Waals surface area contributed by atoms with Crippen LogP contribution in [0.5, 0.6) is 0 Å². The first kappa shape index (κ1) is 27.4. The number of piperidine rings is 1. The first-order valence-corrected chi connectivity index (χ1v) is 14.0. The molecule has 1 aromatic carbocycles. The normalized spacial score (nSPS) is 20.8. The fraction of sp³-hybridized carbons (Fsp3) is 0.483. The smallest absolute Gasteiger partial charge is 0.274 e. The lowest BCUT2D eigenvalue weighted by Gasteiger charge is -2.36. The molecule has 2 aliphatic rings. The molecule has 11 nitrogen and oxygen atoms in total. The zero-order valence-electron chi connectivity index (χ0n) is 23.1. The third-order valence-electron chi connectivity index (χ3n) is 7.53. The highest BCUT2D eigenvalue weighted by atomic mass is 16.2. The minimum absolute atomic E-state index is 0.0574. The van der Waals surface area contributed by atoms with Gasteiger partial charge in [0.05, 0.1) is 24.5 Å². The number of aryl methyl sites for hydroxylation is 2. The highest BCUT2D eigenvalue weighted by Gasteiger charge is 2.34. The van der Waals surface area contributed by atoms with Gasteiger partial charge < -0.3 is 15.1 Å². The first-order chi connectivity index (χ1) is 19.4. The molecule has 2 atom stereocenters. The van der Waals surface area contributed by atoms with Crippen molar-refractivity contribution in [2.45, 2.75) is 71.0 Å². The summed E-state index contributed by atoms with van der Waals surface area (Å²) in [6.07, 6.45) is 6.71. The molecule has 1 saturated heterocycles. The van der Waals surface area contributed by atoms with Crippen molar-refractivity contribution in [2.24, 2.45) is 0 Å². The van der Waals surface area contributed by atoms with Gasteiger partial charge in [-0.2, -0.15) is 5.10 Å². The molecule has 0 unspecified atom stereocenters. The average Bonchev–Trinajstić information content (AvgIpc) is 3.34. The molecular weight excluding hydrogens is 508 g/mol. The van der Waals surface area contributed by atoms with Crippen LogP contribution in [0.2, 0.25) is 0 Å². The Hall–Kier alpha value is -4.15. The molecule has 2 aliphatic heterocycles. The van der Waals surface area contributed by atoms with Gasteiger partial charge in [-0.15, -0.1) is 0 Å². The fourth-order valence-corrected chi connectivity index (χ4v) is 5.48. The maximum atomic E-state index is 13.7. The van der Waals surface area contributed by atoms with Crippen molar-refractivity contribution >= 4 is 17.7 Å². The van der Waals surface area contributed by atoms with Crippen molar-refractivity contribution in [3.05, 3.63) is 71.3 Å². The Balaban J connectivity index is 1.49. The monoisotopic (exact) mass is 544 g/mol. The Morgan fingerprint density at radius 3 is 2.58 bits per heavy atom. The van der Waals surface area contributed by atoms with E-state index in [-0.39, 0.29) is 29.8 Å². The van der Waals surface area contributed by atoms with Crippen molar-refractivity contribution in [3.8, 4) is 0 Å². The highest BCUT2D eigenvalue weighted by Crippen LogP contribution is 2.23. The predicted octanol–water partition coefficient (Wildman–Crippen LogP) is 2.40. The zero-order valence-corrected chi connectivity index (χ0v) is 23.1. The molecule has 0 radical (unpaired) electrons. The molecule has 1 fully saturated rings. The van der Waals surface area contributed by atoms with E-state index in [4.69, 9.17) is 4.98 Å². The standard InChI is InChI=1S/C29H36N8O3/c1-20-18-31-24(19-30-20)29(40)35-13-8-12-26(38)36-14-7-6-11-25(36)28(39)33-23(17-22-9-4-3-5-10-22)27-32-21(2)34-37(27)16-15-35/h3-5,9-10,18-19,23,25H,6-8,11-17H2,1-2H3,(H,33,39)/t23-,25+/m1/s1. The summed E-state index contributed by atoms with van der Waals surface area (Å²) in [6, 6.07) is 8.95. The summed E-state index contributed by atoms with van der Waals surface area (Å²) in [4.78, 5) is 57.1. The van der Waals surface area contributed by atoms with Gasteiger partial charge in [-0.3, -0.25) is 19.4 Å². The number of aromatic nitrogens is 5. The van der Waals surface area contributed by atoms with Gasteiger partial charge in [0.25, 0.3) is 5.91 Å². The lowest BCUT2D eigenvalue weighted by atomic mass is 9.99. The molecule has 4 heterocycles. The third kappa shape index (κ3) is 6.35. The van der Waals surface area contributed by atoms with E-state index in [1.807, 2.05) is 44.2 Å². The largest absolute Gasteiger partial charge is 0.344 e. The topological polar surface area (TPSA) is 126 Å². The summed E-state index contributed by atoms with van der Waals surface area (Å²) >= 11 is 0. The lowest BCUT2D eigenvalue weighted by molar-refractivity contribution is -0.142. The highest BCUT2D eigenvalue weighted by molar-refractivity contribution is 5.92. The molecule has 1 N–H and O–H groups in total. The van der Waals surface area contributed by atoms with Crippen LogP contribution in [0, 0.1) is 13.8 Å². The van der Waals surface area contributed by atoms with E-state index < -0.39 is 12.1 Å². The maximum absolute atomic E-state index is 13.7. The Kier molecular flexibility index (Phi) is 8.47. The molecule has 0 saturated carbocycles. The van der Waals surface area contributed by atoms with Crippen LogP contribution < -0.4 is 5.32 Å². The second-order valence-corrected chi connectivity index (χ2v) is 10.5. The number of nitrogens with one attached hydrogen (secondary N) is 1. The maximum Gasteiger partial charge on any atom is 0.274 e. The van der Waals surface area contributed by atoms with Crippen molar-refractivity contribution in [1.82, 2.24) is 39.8 Å². The van der Waals surface area contributed by atoms with E-state index in [2.05, 4.69) is 20.4 Å². The van der Waals surface area contributed by atoms with Crippen LogP contribution in [0.25, 0.3) is 0 Å². The molecule has 210 valence electrons. The molecule has 0 aliphatic carbocycles. The number of amides is 3. The molecular formula is C29H36N8O3. The van der Waals surface area contributed by atoms with E-state index in [9.17, 15) is 14.4 Å². The van der Waals surface area contributed by atoms with E-state index >= 15 is 0 Å². The van der Waals surface area contributed by atoms with E-state index in [1.54, 1.807) is 20.7 Å². The number of carbonyl (C=O) groups is 3. The number of carbonyl (C=O) groups excluding carboxylic acids is 3. The van der Waals surface area contributed by atoms with Crippen LogP contribution in [0.1, 0.15) is 71.5 Å². The van der Waals surface area contributed by atoms with Crippen LogP contribution in [0.3, 0.4) is 0 Å². The molecule has 40 heavy (non-hydrogen) atoms. The lowest BCUT2D eigenvalue weighted by Crippen LogP contribution is -2.53. The van der Waals surface area contributed by atoms with Gasteiger partial charge in [-0.1, -0.05) is 30.3 Å². The molecule has 11 heteroatoms. The van der Waals surface area contributed by atoms with Crippen molar-refractivity contribution in [2.75, 3.05) is 19.6 Å². The molecule has 3 amide bonds. The zero-order chi connectivity index (χ0) is 28.1. The molecule has 0 bridgehead atoms. The summed E-state index contributed by atoms with van der Waals surface area (Å²) in [5.41, 5.74) is 2.04.